The Kier molecular flexibility index (Phi) is 4.70. The van der Waals surface area contributed by atoms with Crippen molar-refractivity contribution in [2.75, 3.05) is 18.0 Å². The van der Waals surface area contributed by atoms with Crippen LogP contribution in [0, 0.1) is 11.6 Å². The van der Waals surface area contributed by atoms with E-state index in [9.17, 15) is 22.0 Å². The number of anilines is 1. The highest BCUT2D eigenvalue weighted by atomic mass is 35.5. The summed E-state index contributed by atoms with van der Waals surface area (Å²) in [5, 5.41) is 3.45. The predicted octanol–water partition coefficient (Wildman–Crippen LogP) is 4.11. The van der Waals surface area contributed by atoms with Crippen LogP contribution in [-0.2, 0) is 0 Å². The smallest absolute Gasteiger partial charge is 0.347 e. The summed E-state index contributed by atoms with van der Waals surface area (Å²) in [6.45, 7) is -0.0376. The molecule has 1 aromatic carbocycles. The van der Waals surface area contributed by atoms with Gasteiger partial charge in [0.25, 0.3) is 5.78 Å². The first-order valence-electron chi connectivity index (χ1n) is 7.38. The zero-order valence-corrected chi connectivity index (χ0v) is 14.0. The van der Waals surface area contributed by atoms with Crippen molar-refractivity contribution in [3.8, 4) is 11.1 Å². The number of hydrogen-bond acceptors (Lipinski definition) is 4. The Morgan fingerprint density at radius 3 is 2.38 bits per heavy atom. The van der Waals surface area contributed by atoms with Gasteiger partial charge in [-0.05, 0) is 19.1 Å². The summed E-state index contributed by atoms with van der Waals surface area (Å²) < 4.78 is 68.6. The van der Waals surface area contributed by atoms with Crippen LogP contribution in [-0.4, -0.2) is 38.8 Å². The maximum absolute atomic E-state index is 14.3. The lowest BCUT2D eigenvalue weighted by atomic mass is 10.1. The molecule has 0 aliphatic rings. The van der Waals surface area contributed by atoms with E-state index in [4.69, 9.17) is 11.6 Å². The van der Waals surface area contributed by atoms with Crippen LogP contribution in [0.3, 0.4) is 0 Å². The highest BCUT2D eigenvalue weighted by molar-refractivity contribution is 6.33. The molecule has 0 aliphatic heterocycles. The summed E-state index contributed by atoms with van der Waals surface area (Å²) in [6.07, 6.45) is -3.51. The first kappa shape index (κ1) is 18.3. The third kappa shape index (κ3) is 3.28. The molecule has 11 heteroatoms. The number of alkyl halides is 3. The lowest BCUT2D eigenvalue weighted by Gasteiger charge is -2.27. The Morgan fingerprint density at radius 2 is 1.81 bits per heavy atom. The number of benzene rings is 1. The molecule has 0 N–H and O–H groups in total. The Hall–Kier alpha value is -2.49. The lowest BCUT2D eigenvalue weighted by Crippen LogP contribution is -2.36. The topological polar surface area (TPSA) is 46.3 Å². The number of aromatic nitrogens is 4. The summed E-state index contributed by atoms with van der Waals surface area (Å²) in [4.78, 5) is 8.53. The molecule has 2 aromatic heterocycles. The molecule has 0 unspecified atom stereocenters. The quantitative estimate of drug-likeness (QED) is 0.496. The summed E-state index contributed by atoms with van der Waals surface area (Å²) in [5.41, 5.74) is -0.913. The van der Waals surface area contributed by atoms with E-state index in [0.29, 0.717) is 0 Å². The van der Waals surface area contributed by atoms with Gasteiger partial charge in [0.2, 0.25) is 0 Å². The standard InChI is InChI=1S/C15H11ClF5N5/c1-2-25(6-15(19,20)21)13-11(10-8(17)4-3-5-9(10)18)12(16)24-14-22-7-23-26(13)14/h3-5,7H,2,6H2,1H3. The minimum atomic E-state index is -4.57. The Balaban J connectivity index is 2.37. The largest absolute Gasteiger partial charge is 0.405 e. The van der Waals surface area contributed by atoms with Gasteiger partial charge in [0.15, 0.2) is 0 Å². The van der Waals surface area contributed by atoms with Crippen LogP contribution in [0.2, 0.25) is 5.15 Å². The van der Waals surface area contributed by atoms with E-state index in [1.165, 1.54) is 6.92 Å². The van der Waals surface area contributed by atoms with Crippen molar-refractivity contribution in [2.45, 2.75) is 13.1 Å². The third-order valence-corrected chi connectivity index (χ3v) is 3.90. The van der Waals surface area contributed by atoms with Crippen molar-refractivity contribution >= 4 is 23.2 Å². The van der Waals surface area contributed by atoms with Crippen molar-refractivity contribution in [3.05, 3.63) is 41.3 Å². The van der Waals surface area contributed by atoms with Gasteiger partial charge in [-0.25, -0.2) is 8.78 Å². The summed E-state index contributed by atoms with van der Waals surface area (Å²) in [5.74, 6) is -2.32. The number of nitrogens with zero attached hydrogens (tertiary/aromatic N) is 5. The maximum atomic E-state index is 14.3. The van der Waals surface area contributed by atoms with Crippen LogP contribution in [0.4, 0.5) is 27.8 Å². The van der Waals surface area contributed by atoms with Crippen molar-refractivity contribution in [2.24, 2.45) is 0 Å². The average molecular weight is 392 g/mol. The minimum absolute atomic E-state index is 0.0916. The molecule has 0 amide bonds. The molecule has 0 saturated carbocycles. The minimum Gasteiger partial charge on any atom is -0.347 e. The molecule has 3 aromatic rings. The van der Waals surface area contributed by atoms with Crippen LogP contribution < -0.4 is 4.90 Å². The summed E-state index contributed by atoms with van der Waals surface area (Å²) in [7, 11) is 0. The molecule has 138 valence electrons. The lowest BCUT2D eigenvalue weighted by molar-refractivity contribution is -0.119. The highest BCUT2D eigenvalue weighted by Gasteiger charge is 2.34. The second-order valence-corrected chi connectivity index (χ2v) is 5.66. The zero-order chi connectivity index (χ0) is 19.1. The van der Waals surface area contributed by atoms with Gasteiger partial charge in [-0.3, -0.25) is 0 Å². The molecule has 5 nitrogen and oxygen atoms in total. The molecular weight excluding hydrogens is 381 g/mol. The fraction of sp³-hybridized carbons (Fsp3) is 0.267. The van der Waals surface area contributed by atoms with E-state index >= 15 is 0 Å². The Morgan fingerprint density at radius 1 is 1.15 bits per heavy atom. The second-order valence-electron chi connectivity index (χ2n) is 5.30. The van der Waals surface area contributed by atoms with E-state index in [0.717, 1.165) is 33.9 Å². The van der Waals surface area contributed by atoms with Gasteiger partial charge in [-0.2, -0.15) is 32.8 Å². The van der Waals surface area contributed by atoms with E-state index < -0.39 is 29.9 Å². The van der Waals surface area contributed by atoms with E-state index in [2.05, 4.69) is 15.1 Å². The van der Waals surface area contributed by atoms with Gasteiger partial charge >= 0.3 is 6.18 Å². The number of fused-ring (bicyclic) bond motifs is 1. The van der Waals surface area contributed by atoms with Gasteiger partial charge in [0, 0.05) is 6.54 Å². The van der Waals surface area contributed by atoms with Gasteiger partial charge in [-0.1, -0.05) is 17.7 Å². The van der Waals surface area contributed by atoms with Crippen LogP contribution >= 0.6 is 11.6 Å². The monoisotopic (exact) mass is 391 g/mol. The van der Waals surface area contributed by atoms with Gasteiger partial charge in [0.05, 0.1) is 11.1 Å². The van der Waals surface area contributed by atoms with E-state index in [1.807, 2.05) is 0 Å². The molecule has 0 radical (unpaired) electrons. The van der Waals surface area contributed by atoms with Crippen molar-refractivity contribution in [1.82, 2.24) is 19.6 Å². The maximum Gasteiger partial charge on any atom is 0.405 e. The Labute approximate surface area is 149 Å². The molecule has 0 bridgehead atoms. The van der Waals surface area contributed by atoms with Crippen molar-refractivity contribution < 1.29 is 22.0 Å². The second kappa shape index (κ2) is 6.67. The number of halogens is 6. The van der Waals surface area contributed by atoms with E-state index in [-0.39, 0.29) is 28.9 Å². The molecule has 26 heavy (non-hydrogen) atoms. The molecule has 0 saturated heterocycles. The van der Waals surface area contributed by atoms with Gasteiger partial charge in [0.1, 0.15) is 35.5 Å². The van der Waals surface area contributed by atoms with Crippen molar-refractivity contribution in [1.29, 1.82) is 0 Å². The van der Waals surface area contributed by atoms with Crippen LogP contribution in [0.25, 0.3) is 16.9 Å². The van der Waals surface area contributed by atoms with Gasteiger partial charge < -0.3 is 4.90 Å². The SMILES string of the molecule is CCN(CC(F)(F)F)c1c(-c2c(F)cccc2F)c(Cl)nc2ncnn12. The predicted molar refractivity (Wildman–Crippen MR) is 85.1 cm³/mol. The fourth-order valence-electron chi connectivity index (χ4n) is 2.60. The molecule has 0 aliphatic carbocycles. The number of rotatable bonds is 4. The highest BCUT2D eigenvalue weighted by Crippen LogP contribution is 2.39. The average Bonchev–Trinajstić information content (AvgIpc) is 2.99. The molecule has 2 heterocycles. The first-order chi connectivity index (χ1) is 12.2. The number of hydrogen-bond donors (Lipinski definition) is 0. The van der Waals surface area contributed by atoms with Crippen LogP contribution in [0.5, 0.6) is 0 Å². The fourth-order valence-corrected chi connectivity index (χ4v) is 2.85. The Bertz CT molecular complexity index is 935. The molecule has 0 spiro atoms. The van der Waals surface area contributed by atoms with E-state index in [1.54, 1.807) is 0 Å². The first-order valence-corrected chi connectivity index (χ1v) is 7.76. The molecule has 0 atom stereocenters. The third-order valence-electron chi connectivity index (χ3n) is 3.62. The van der Waals surface area contributed by atoms with Crippen molar-refractivity contribution in [3.63, 3.8) is 0 Å². The normalized spacial score (nSPS) is 12.0. The summed E-state index contributed by atoms with van der Waals surface area (Å²) >= 11 is 6.08. The zero-order valence-electron chi connectivity index (χ0n) is 13.2. The molecule has 0 fully saturated rings. The van der Waals surface area contributed by atoms with Gasteiger partial charge in [-0.15, -0.1) is 0 Å². The van der Waals surface area contributed by atoms with Crippen LogP contribution in [0.1, 0.15) is 6.92 Å². The summed E-state index contributed by atoms with van der Waals surface area (Å²) in [6, 6.07) is 3.09. The van der Waals surface area contributed by atoms with Crippen LogP contribution in [0.15, 0.2) is 24.5 Å². The molecule has 3 rings (SSSR count). The molecular formula is C15H11ClF5N5.